The van der Waals surface area contributed by atoms with Gasteiger partial charge in [0.15, 0.2) is 0 Å². The molecule has 0 aromatic carbocycles. The smallest absolute Gasteiger partial charge is 0.326 e. The number of amides is 1. The zero-order valence-corrected chi connectivity index (χ0v) is 12.4. The number of carbonyl (C=O) groups excluding carboxylic acids is 1. The zero-order chi connectivity index (χ0) is 15.2. The largest absolute Gasteiger partial charge is 0.480 e. The lowest BCUT2D eigenvalue weighted by Gasteiger charge is -2.34. The van der Waals surface area contributed by atoms with Crippen molar-refractivity contribution in [3.05, 3.63) is 18.7 Å². The second-order valence-corrected chi connectivity index (χ2v) is 5.59. The van der Waals surface area contributed by atoms with Gasteiger partial charge in [0, 0.05) is 31.4 Å². The Morgan fingerprint density at radius 1 is 1.43 bits per heavy atom. The second kappa shape index (κ2) is 7.24. The van der Waals surface area contributed by atoms with Crippen LogP contribution in [0.2, 0.25) is 0 Å². The minimum atomic E-state index is -0.891. The molecule has 1 aromatic rings. The third-order valence-corrected chi connectivity index (χ3v) is 4.09. The molecule has 2 heterocycles. The Hall–Kier alpha value is -1.85. The molecule has 0 bridgehead atoms. The summed E-state index contributed by atoms with van der Waals surface area (Å²) in [5, 5.41) is 9.27. The summed E-state index contributed by atoms with van der Waals surface area (Å²) in [7, 11) is 0. The molecule has 2 atom stereocenters. The van der Waals surface area contributed by atoms with Gasteiger partial charge in [-0.05, 0) is 25.7 Å². The van der Waals surface area contributed by atoms with Crippen LogP contribution in [0.25, 0.3) is 0 Å². The highest BCUT2D eigenvalue weighted by atomic mass is 16.4. The van der Waals surface area contributed by atoms with Crippen LogP contribution in [0.4, 0.5) is 0 Å². The van der Waals surface area contributed by atoms with Crippen molar-refractivity contribution in [1.82, 2.24) is 14.5 Å². The van der Waals surface area contributed by atoms with Gasteiger partial charge in [0.2, 0.25) is 5.91 Å². The number of piperidine rings is 1. The number of carboxylic acid groups (broad SMARTS) is 1. The summed E-state index contributed by atoms with van der Waals surface area (Å²) in [4.78, 5) is 29.4. The number of nitrogens with zero attached hydrogens (tertiary/aromatic N) is 3. The summed E-state index contributed by atoms with van der Waals surface area (Å²) < 4.78 is 1.95. The average Bonchev–Trinajstić information content (AvgIpc) is 3.00. The Morgan fingerprint density at radius 2 is 2.24 bits per heavy atom. The van der Waals surface area contributed by atoms with E-state index >= 15 is 0 Å². The molecule has 6 heteroatoms. The molecule has 0 spiro atoms. The van der Waals surface area contributed by atoms with Crippen molar-refractivity contribution >= 4 is 11.9 Å². The van der Waals surface area contributed by atoms with E-state index in [1.54, 1.807) is 17.4 Å². The molecular weight excluding hydrogens is 270 g/mol. The van der Waals surface area contributed by atoms with Crippen molar-refractivity contribution in [3.63, 3.8) is 0 Å². The van der Waals surface area contributed by atoms with Crippen LogP contribution < -0.4 is 0 Å². The first kappa shape index (κ1) is 15.5. The van der Waals surface area contributed by atoms with E-state index in [9.17, 15) is 14.7 Å². The molecule has 0 radical (unpaired) electrons. The third kappa shape index (κ3) is 3.83. The maximum absolute atomic E-state index is 12.5. The van der Waals surface area contributed by atoms with E-state index in [0.29, 0.717) is 19.4 Å². The number of hydrogen-bond donors (Lipinski definition) is 1. The van der Waals surface area contributed by atoms with Gasteiger partial charge in [0.05, 0.1) is 6.33 Å². The van der Waals surface area contributed by atoms with Crippen molar-refractivity contribution in [3.8, 4) is 0 Å². The maximum atomic E-state index is 12.5. The van der Waals surface area contributed by atoms with Crippen LogP contribution >= 0.6 is 0 Å². The highest BCUT2D eigenvalue weighted by Gasteiger charge is 2.32. The summed E-state index contributed by atoms with van der Waals surface area (Å²) in [6.45, 7) is 2.63. The van der Waals surface area contributed by atoms with Gasteiger partial charge in [-0.3, -0.25) is 4.79 Å². The molecule has 1 amide bonds. The Kier molecular flexibility index (Phi) is 5.36. The maximum Gasteiger partial charge on any atom is 0.326 e. The van der Waals surface area contributed by atoms with Gasteiger partial charge >= 0.3 is 5.97 Å². The topological polar surface area (TPSA) is 75.4 Å². The van der Waals surface area contributed by atoms with Crippen LogP contribution in [0.3, 0.4) is 0 Å². The molecule has 1 fully saturated rings. The number of aliphatic carboxylic acids is 1. The van der Waals surface area contributed by atoms with Crippen molar-refractivity contribution < 1.29 is 14.7 Å². The van der Waals surface area contributed by atoms with Crippen LogP contribution in [0, 0.1) is 0 Å². The third-order valence-electron chi connectivity index (χ3n) is 4.09. The number of imidazole rings is 1. The highest BCUT2D eigenvalue weighted by molar-refractivity contribution is 5.84. The van der Waals surface area contributed by atoms with Gasteiger partial charge in [0.25, 0.3) is 0 Å². The first-order valence-corrected chi connectivity index (χ1v) is 7.63. The molecule has 116 valence electrons. The van der Waals surface area contributed by atoms with Gasteiger partial charge in [-0.1, -0.05) is 13.3 Å². The predicted molar refractivity (Wildman–Crippen MR) is 77.8 cm³/mol. The van der Waals surface area contributed by atoms with E-state index in [0.717, 1.165) is 25.7 Å². The Balaban J connectivity index is 2.05. The van der Waals surface area contributed by atoms with Crippen LogP contribution in [0.15, 0.2) is 18.7 Å². The zero-order valence-electron chi connectivity index (χ0n) is 12.4. The number of rotatable bonds is 6. The Morgan fingerprint density at radius 3 is 2.86 bits per heavy atom. The monoisotopic (exact) mass is 293 g/mol. The summed E-state index contributed by atoms with van der Waals surface area (Å²) in [5.74, 6) is -0.952. The van der Waals surface area contributed by atoms with E-state index in [-0.39, 0.29) is 11.9 Å². The van der Waals surface area contributed by atoms with Crippen molar-refractivity contribution in [2.24, 2.45) is 0 Å². The minimum Gasteiger partial charge on any atom is -0.480 e. The molecule has 1 aliphatic heterocycles. The first-order valence-electron chi connectivity index (χ1n) is 7.63. The molecular formula is C15H23N3O3. The van der Waals surface area contributed by atoms with E-state index < -0.39 is 12.0 Å². The van der Waals surface area contributed by atoms with Crippen LogP contribution in [-0.4, -0.2) is 44.0 Å². The Bertz CT molecular complexity index is 473. The van der Waals surface area contributed by atoms with Crippen LogP contribution in [0.1, 0.15) is 51.5 Å². The standard InChI is InChI=1S/C15H23N3O3/c1-2-5-12(17-9-7-16-11-17)10-14(19)18-8-4-3-6-13(18)15(20)21/h7,9,11-13H,2-6,8,10H2,1H3,(H,20,21). The van der Waals surface area contributed by atoms with Gasteiger partial charge in [-0.25, -0.2) is 9.78 Å². The van der Waals surface area contributed by atoms with Gasteiger partial charge in [0.1, 0.15) is 6.04 Å². The lowest BCUT2D eigenvalue weighted by molar-refractivity contribution is -0.152. The molecule has 0 aliphatic carbocycles. The predicted octanol–water partition coefficient (Wildman–Crippen LogP) is 2.08. The molecule has 1 saturated heterocycles. The van der Waals surface area contributed by atoms with Gasteiger partial charge < -0.3 is 14.6 Å². The lowest BCUT2D eigenvalue weighted by Crippen LogP contribution is -2.48. The normalized spacial score (nSPS) is 20.2. The van der Waals surface area contributed by atoms with E-state index in [1.165, 1.54) is 0 Å². The molecule has 1 aliphatic rings. The number of hydrogen-bond acceptors (Lipinski definition) is 3. The molecule has 2 rings (SSSR count). The quantitative estimate of drug-likeness (QED) is 0.871. The molecule has 6 nitrogen and oxygen atoms in total. The summed E-state index contributed by atoms with van der Waals surface area (Å²) in [6.07, 6.45) is 9.80. The highest BCUT2D eigenvalue weighted by Crippen LogP contribution is 2.23. The molecule has 0 saturated carbocycles. The van der Waals surface area contributed by atoms with Crippen molar-refractivity contribution in [2.45, 2.75) is 57.5 Å². The van der Waals surface area contributed by atoms with Crippen molar-refractivity contribution in [1.29, 1.82) is 0 Å². The first-order chi connectivity index (χ1) is 10.1. The van der Waals surface area contributed by atoms with Crippen LogP contribution in [0.5, 0.6) is 0 Å². The van der Waals surface area contributed by atoms with Gasteiger partial charge in [-0.2, -0.15) is 0 Å². The Labute approximate surface area is 124 Å². The summed E-state index contributed by atoms with van der Waals surface area (Å²) in [6, 6.07) is -0.599. The minimum absolute atomic E-state index is 0.0568. The second-order valence-electron chi connectivity index (χ2n) is 5.59. The van der Waals surface area contributed by atoms with Crippen molar-refractivity contribution in [2.75, 3.05) is 6.54 Å². The summed E-state index contributed by atoms with van der Waals surface area (Å²) in [5.41, 5.74) is 0. The van der Waals surface area contributed by atoms with E-state index in [4.69, 9.17) is 0 Å². The number of carboxylic acids is 1. The number of carbonyl (C=O) groups is 2. The fraction of sp³-hybridized carbons (Fsp3) is 0.667. The molecule has 1 aromatic heterocycles. The molecule has 2 unspecified atom stereocenters. The number of aromatic nitrogens is 2. The summed E-state index contributed by atoms with van der Waals surface area (Å²) >= 11 is 0. The SMILES string of the molecule is CCCC(CC(=O)N1CCCCC1C(=O)O)n1ccnc1. The number of likely N-dealkylation sites (tertiary alicyclic amines) is 1. The van der Waals surface area contributed by atoms with E-state index in [2.05, 4.69) is 11.9 Å². The fourth-order valence-electron chi connectivity index (χ4n) is 2.98. The van der Waals surface area contributed by atoms with Crippen LogP contribution in [-0.2, 0) is 9.59 Å². The van der Waals surface area contributed by atoms with Gasteiger partial charge in [-0.15, -0.1) is 0 Å². The average molecular weight is 293 g/mol. The molecule has 21 heavy (non-hydrogen) atoms. The van der Waals surface area contributed by atoms with E-state index in [1.807, 2.05) is 10.8 Å². The lowest BCUT2D eigenvalue weighted by atomic mass is 10.00. The molecule has 1 N–H and O–H groups in total. The fourth-order valence-corrected chi connectivity index (χ4v) is 2.98.